The number of H-pyrrole nitrogens is 1. The number of hydrogen-bond donors (Lipinski definition) is 2. The predicted octanol–water partition coefficient (Wildman–Crippen LogP) is 3.91. The molecule has 4 nitrogen and oxygen atoms in total. The maximum absolute atomic E-state index is 10.7. The molecule has 0 spiro atoms. The summed E-state index contributed by atoms with van der Waals surface area (Å²) in [6.45, 7) is 5.02. The van der Waals surface area contributed by atoms with E-state index in [9.17, 15) is 5.11 Å². The maximum Gasteiger partial charge on any atom is 0.125 e. The van der Waals surface area contributed by atoms with Gasteiger partial charge in [-0.25, -0.2) is 4.98 Å². The quantitative estimate of drug-likeness (QED) is 0.724. The fourth-order valence-electron chi connectivity index (χ4n) is 2.82. The van der Waals surface area contributed by atoms with Gasteiger partial charge < -0.3 is 15.0 Å². The van der Waals surface area contributed by atoms with Crippen molar-refractivity contribution in [2.45, 2.75) is 32.5 Å². The third-order valence-electron chi connectivity index (χ3n) is 4.13. The van der Waals surface area contributed by atoms with Crippen LogP contribution in [0.2, 0.25) is 0 Å². The zero-order valence-corrected chi connectivity index (χ0v) is 14.1. The molecule has 0 bridgehead atoms. The van der Waals surface area contributed by atoms with Crippen LogP contribution in [-0.2, 0) is 6.54 Å². The van der Waals surface area contributed by atoms with E-state index in [4.69, 9.17) is 0 Å². The number of rotatable bonds is 6. The molecule has 3 rings (SSSR count). The predicted molar refractivity (Wildman–Crippen MR) is 96.9 cm³/mol. The number of aromatic nitrogens is 2. The highest BCUT2D eigenvalue weighted by molar-refractivity contribution is 5.51. The Hall–Kier alpha value is -2.59. The first kappa shape index (κ1) is 16.3. The molecule has 0 saturated heterocycles. The van der Waals surface area contributed by atoms with Crippen LogP contribution in [0.5, 0.6) is 0 Å². The molecule has 2 N–H and O–H groups in total. The van der Waals surface area contributed by atoms with Gasteiger partial charge in [0.1, 0.15) is 11.9 Å². The van der Waals surface area contributed by atoms with Gasteiger partial charge in [-0.15, -0.1) is 0 Å². The number of benzene rings is 2. The normalized spacial score (nSPS) is 12.3. The van der Waals surface area contributed by atoms with Crippen molar-refractivity contribution in [3.05, 3.63) is 83.9 Å². The molecule has 24 heavy (non-hydrogen) atoms. The lowest BCUT2D eigenvalue weighted by molar-refractivity contribution is 0.220. The number of nitrogens with zero attached hydrogens (tertiary/aromatic N) is 2. The second-order valence-electron chi connectivity index (χ2n) is 6.17. The molecule has 0 amide bonds. The highest BCUT2D eigenvalue weighted by atomic mass is 16.3. The van der Waals surface area contributed by atoms with Gasteiger partial charge in [0.2, 0.25) is 0 Å². The van der Waals surface area contributed by atoms with Crippen LogP contribution in [0.4, 0.5) is 5.69 Å². The van der Waals surface area contributed by atoms with E-state index in [0.717, 1.165) is 22.6 Å². The SMILES string of the molecule is CC(C)N(Cc1ncc[nH]1)c1cccc(C(O)c2ccccc2)c1. The van der Waals surface area contributed by atoms with Crippen molar-refractivity contribution in [2.24, 2.45) is 0 Å². The number of imidazole rings is 1. The van der Waals surface area contributed by atoms with E-state index >= 15 is 0 Å². The fourth-order valence-corrected chi connectivity index (χ4v) is 2.82. The van der Waals surface area contributed by atoms with Crippen molar-refractivity contribution in [1.82, 2.24) is 9.97 Å². The lowest BCUT2D eigenvalue weighted by Crippen LogP contribution is -2.30. The third kappa shape index (κ3) is 3.66. The Labute approximate surface area is 142 Å². The van der Waals surface area contributed by atoms with Gasteiger partial charge in [-0.05, 0) is 37.1 Å². The second kappa shape index (κ2) is 7.32. The van der Waals surface area contributed by atoms with Crippen molar-refractivity contribution in [2.75, 3.05) is 4.90 Å². The van der Waals surface area contributed by atoms with Crippen LogP contribution in [0.3, 0.4) is 0 Å². The minimum absolute atomic E-state index is 0.319. The van der Waals surface area contributed by atoms with Crippen LogP contribution in [0.15, 0.2) is 67.0 Å². The van der Waals surface area contributed by atoms with Gasteiger partial charge in [0.05, 0.1) is 6.54 Å². The molecule has 1 unspecified atom stereocenters. The molecule has 1 aromatic heterocycles. The lowest BCUT2D eigenvalue weighted by atomic mass is 10.0. The minimum atomic E-state index is -0.622. The van der Waals surface area contributed by atoms with Gasteiger partial charge in [-0.1, -0.05) is 42.5 Å². The summed E-state index contributed by atoms with van der Waals surface area (Å²) in [5.41, 5.74) is 2.87. The number of aliphatic hydroxyl groups excluding tert-OH is 1. The smallest absolute Gasteiger partial charge is 0.125 e. The molecule has 0 fully saturated rings. The number of anilines is 1. The van der Waals surface area contributed by atoms with Crippen molar-refractivity contribution >= 4 is 5.69 Å². The fraction of sp³-hybridized carbons (Fsp3) is 0.250. The average Bonchev–Trinajstić information content (AvgIpc) is 3.13. The van der Waals surface area contributed by atoms with E-state index in [1.165, 1.54) is 0 Å². The first-order valence-corrected chi connectivity index (χ1v) is 8.23. The summed E-state index contributed by atoms with van der Waals surface area (Å²) in [7, 11) is 0. The van der Waals surface area contributed by atoms with Crippen molar-refractivity contribution in [3.8, 4) is 0 Å². The Kier molecular flexibility index (Phi) is 4.96. The van der Waals surface area contributed by atoms with Crippen LogP contribution >= 0.6 is 0 Å². The molecular weight excluding hydrogens is 298 g/mol. The van der Waals surface area contributed by atoms with Gasteiger partial charge in [-0.2, -0.15) is 0 Å². The maximum atomic E-state index is 10.7. The Morgan fingerprint density at radius 1 is 1.04 bits per heavy atom. The summed E-state index contributed by atoms with van der Waals surface area (Å²) in [5.74, 6) is 0.928. The van der Waals surface area contributed by atoms with Crippen LogP contribution < -0.4 is 4.90 Å². The van der Waals surface area contributed by atoms with E-state index in [1.807, 2.05) is 48.7 Å². The number of nitrogens with one attached hydrogen (secondary N) is 1. The van der Waals surface area contributed by atoms with E-state index in [-0.39, 0.29) is 0 Å². The molecule has 4 heteroatoms. The highest BCUT2D eigenvalue weighted by Gasteiger charge is 2.16. The van der Waals surface area contributed by atoms with Crippen LogP contribution in [0.25, 0.3) is 0 Å². The summed E-state index contributed by atoms with van der Waals surface area (Å²) < 4.78 is 0. The summed E-state index contributed by atoms with van der Waals surface area (Å²) in [6.07, 6.45) is 2.98. The number of aromatic amines is 1. The monoisotopic (exact) mass is 321 g/mol. The Morgan fingerprint density at radius 2 is 1.79 bits per heavy atom. The average molecular weight is 321 g/mol. The Morgan fingerprint density at radius 3 is 2.46 bits per heavy atom. The first-order valence-electron chi connectivity index (χ1n) is 8.23. The van der Waals surface area contributed by atoms with Gasteiger partial charge in [0, 0.05) is 24.1 Å². The molecule has 0 radical (unpaired) electrons. The summed E-state index contributed by atoms with van der Waals surface area (Å²) in [6, 6.07) is 18.1. The van der Waals surface area contributed by atoms with Crippen molar-refractivity contribution < 1.29 is 5.11 Å². The molecular formula is C20H23N3O. The molecule has 1 atom stereocenters. The van der Waals surface area contributed by atoms with E-state index in [2.05, 4.69) is 40.8 Å². The lowest BCUT2D eigenvalue weighted by Gasteiger charge is -2.29. The molecule has 3 aromatic rings. The molecule has 0 saturated carbocycles. The topological polar surface area (TPSA) is 52.2 Å². The minimum Gasteiger partial charge on any atom is -0.384 e. The van der Waals surface area contributed by atoms with Crippen LogP contribution in [-0.4, -0.2) is 21.1 Å². The van der Waals surface area contributed by atoms with Crippen LogP contribution in [0, 0.1) is 0 Å². The zero-order valence-electron chi connectivity index (χ0n) is 14.1. The summed E-state index contributed by atoms with van der Waals surface area (Å²) in [5, 5.41) is 10.7. The zero-order chi connectivity index (χ0) is 16.9. The number of aliphatic hydroxyl groups is 1. The molecule has 124 valence electrons. The van der Waals surface area contributed by atoms with Gasteiger partial charge in [-0.3, -0.25) is 0 Å². The van der Waals surface area contributed by atoms with Gasteiger partial charge in [0.15, 0.2) is 0 Å². The third-order valence-corrected chi connectivity index (χ3v) is 4.13. The molecule has 0 aliphatic rings. The van der Waals surface area contributed by atoms with Crippen molar-refractivity contribution in [3.63, 3.8) is 0 Å². The summed E-state index contributed by atoms with van der Waals surface area (Å²) >= 11 is 0. The van der Waals surface area contributed by atoms with E-state index in [0.29, 0.717) is 12.6 Å². The molecule has 1 heterocycles. The Bertz CT molecular complexity index is 754. The van der Waals surface area contributed by atoms with E-state index < -0.39 is 6.10 Å². The first-order chi connectivity index (χ1) is 11.6. The number of hydrogen-bond acceptors (Lipinski definition) is 3. The van der Waals surface area contributed by atoms with Gasteiger partial charge in [0.25, 0.3) is 0 Å². The largest absolute Gasteiger partial charge is 0.384 e. The second-order valence-corrected chi connectivity index (χ2v) is 6.17. The summed E-state index contributed by atoms with van der Waals surface area (Å²) in [4.78, 5) is 9.74. The standard InChI is InChI=1S/C20H23N3O/c1-15(2)23(14-19-21-11-12-22-19)18-10-6-9-17(13-18)20(24)16-7-4-3-5-8-16/h3-13,15,20,24H,14H2,1-2H3,(H,21,22). The highest BCUT2D eigenvalue weighted by Crippen LogP contribution is 2.27. The molecule has 2 aromatic carbocycles. The molecule has 0 aliphatic carbocycles. The van der Waals surface area contributed by atoms with Gasteiger partial charge >= 0.3 is 0 Å². The van der Waals surface area contributed by atoms with Crippen molar-refractivity contribution in [1.29, 1.82) is 0 Å². The van der Waals surface area contributed by atoms with Crippen LogP contribution in [0.1, 0.15) is 36.9 Å². The Balaban J connectivity index is 1.87. The molecule has 0 aliphatic heterocycles. The van der Waals surface area contributed by atoms with E-state index in [1.54, 1.807) is 6.20 Å².